The van der Waals surface area contributed by atoms with Crippen LogP contribution in [0.15, 0.2) is 0 Å². The average Bonchev–Trinajstić information content (AvgIpc) is 2.03. The molecule has 2 nitrogen and oxygen atoms in total. The standard InChI is InChI=1S/C8H18N2/c1-2-5-10-8-4-3-6-9-7-8/h8-10H,2-7H2,1H3/t8-/m1/s1. The van der Waals surface area contributed by atoms with Gasteiger partial charge >= 0.3 is 0 Å². The van der Waals surface area contributed by atoms with Crippen LogP contribution < -0.4 is 10.6 Å². The highest BCUT2D eigenvalue weighted by atomic mass is 15.0. The first-order valence-corrected chi connectivity index (χ1v) is 4.37. The highest BCUT2D eigenvalue weighted by Crippen LogP contribution is 2.00. The fourth-order valence-electron chi connectivity index (χ4n) is 1.37. The van der Waals surface area contributed by atoms with E-state index < -0.39 is 0 Å². The summed E-state index contributed by atoms with van der Waals surface area (Å²) < 4.78 is 0. The van der Waals surface area contributed by atoms with Crippen molar-refractivity contribution in [2.75, 3.05) is 19.6 Å². The summed E-state index contributed by atoms with van der Waals surface area (Å²) in [6.07, 6.45) is 3.94. The maximum atomic E-state index is 3.51. The summed E-state index contributed by atoms with van der Waals surface area (Å²) in [6, 6.07) is 0.744. The van der Waals surface area contributed by atoms with Crippen LogP contribution in [-0.4, -0.2) is 25.7 Å². The van der Waals surface area contributed by atoms with Gasteiger partial charge in [0.05, 0.1) is 0 Å². The van der Waals surface area contributed by atoms with Gasteiger partial charge in [0.2, 0.25) is 0 Å². The van der Waals surface area contributed by atoms with E-state index >= 15 is 0 Å². The first-order chi connectivity index (χ1) is 4.93. The number of hydrogen-bond acceptors (Lipinski definition) is 2. The minimum Gasteiger partial charge on any atom is -0.315 e. The van der Waals surface area contributed by atoms with Crippen LogP contribution in [0, 0.1) is 0 Å². The fraction of sp³-hybridized carbons (Fsp3) is 1.00. The molecule has 1 aliphatic rings. The summed E-state index contributed by atoms with van der Waals surface area (Å²) in [5.41, 5.74) is 0. The molecule has 0 unspecified atom stereocenters. The van der Waals surface area contributed by atoms with E-state index in [1.165, 1.54) is 38.9 Å². The summed E-state index contributed by atoms with van der Waals surface area (Å²) in [5, 5.41) is 6.89. The van der Waals surface area contributed by atoms with Crippen molar-refractivity contribution in [3.63, 3.8) is 0 Å². The third-order valence-corrected chi connectivity index (χ3v) is 1.98. The Morgan fingerprint density at radius 3 is 3.10 bits per heavy atom. The van der Waals surface area contributed by atoms with E-state index in [9.17, 15) is 0 Å². The van der Waals surface area contributed by atoms with Crippen LogP contribution in [0.5, 0.6) is 0 Å². The largest absolute Gasteiger partial charge is 0.315 e. The summed E-state index contributed by atoms with van der Waals surface area (Å²) in [6.45, 7) is 5.76. The Bertz CT molecular complexity index is 77.3. The molecule has 1 atom stereocenters. The molecule has 0 aliphatic carbocycles. The van der Waals surface area contributed by atoms with Gasteiger partial charge in [-0.05, 0) is 32.4 Å². The Morgan fingerprint density at radius 2 is 2.50 bits per heavy atom. The van der Waals surface area contributed by atoms with E-state index in [1.807, 2.05) is 0 Å². The van der Waals surface area contributed by atoms with E-state index in [1.54, 1.807) is 0 Å². The Labute approximate surface area is 63.4 Å². The second-order valence-electron chi connectivity index (χ2n) is 3.00. The molecule has 10 heavy (non-hydrogen) atoms. The number of nitrogens with one attached hydrogen (secondary N) is 2. The van der Waals surface area contributed by atoms with Gasteiger partial charge in [-0.2, -0.15) is 0 Å². The number of hydrogen-bond donors (Lipinski definition) is 2. The molecule has 0 saturated carbocycles. The van der Waals surface area contributed by atoms with Crippen LogP contribution in [0.2, 0.25) is 0 Å². The normalized spacial score (nSPS) is 26.7. The summed E-state index contributed by atoms with van der Waals surface area (Å²) in [7, 11) is 0. The first kappa shape index (κ1) is 8.02. The molecule has 1 heterocycles. The van der Waals surface area contributed by atoms with Gasteiger partial charge in [-0.1, -0.05) is 6.92 Å². The molecule has 1 fully saturated rings. The maximum absolute atomic E-state index is 3.51. The zero-order chi connectivity index (χ0) is 7.23. The van der Waals surface area contributed by atoms with Crippen molar-refractivity contribution in [3.05, 3.63) is 0 Å². The van der Waals surface area contributed by atoms with Gasteiger partial charge in [0.15, 0.2) is 0 Å². The van der Waals surface area contributed by atoms with Gasteiger partial charge in [0, 0.05) is 12.6 Å². The van der Waals surface area contributed by atoms with Gasteiger partial charge < -0.3 is 10.6 Å². The van der Waals surface area contributed by atoms with Crippen LogP contribution in [0.3, 0.4) is 0 Å². The highest BCUT2D eigenvalue weighted by molar-refractivity contribution is 4.74. The molecule has 1 saturated heterocycles. The van der Waals surface area contributed by atoms with E-state index in [4.69, 9.17) is 0 Å². The first-order valence-electron chi connectivity index (χ1n) is 4.37. The SMILES string of the molecule is CCCN[C@@H]1CCCNC1. The molecule has 0 aromatic rings. The Kier molecular flexibility index (Phi) is 3.76. The van der Waals surface area contributed by atoms with Crippen molar-refractivity contribution in [3.8, 4) is 0 Å². The lowest BCUT2D eigenvalue weighted by atomic mass is 10.1. The van der Waals surface area contributed by atoms with Crippen LogP contribution in [0.1, 0.15) is 26.2 Å². The van der Waals surface area contributed by atoms with Crippen molar-refractivity contribution in [1.29, 1.82) is 0 Å². The van der Waals surface area contributed by atoms with Gasteiger partial charge in [0.25, 0.3) is 0 Å². The lowest BCUT2D eigenvalue weighted by Gasteiger charge is -2.23. The molecule has 0 aromatic carbocycles. The summed E-state index contributed by atoms with van der Waals surface area (Å²) in [4.78, 5) is 0. The molecular formula is C8H18N2. The Hall–Kier alpha value is -0.0800. The maximum Gasteiger partial charge on any atom is 0.0192 e. The Balaban J connectivity index is 2.02. The van der Waals surface area contributed by atoms with E-state index in [2.05, 4.69) is 17.6 Å². The fourth-order valence-corrected chi connectivity index (χ4v) is 1.37. The summed E-state index contributed by atoms with van der Waals surface area (Å²) in [5.74, 6) is 0. The minimum absolute atomic E-state index is 0.744. The number of rotatable bonds is 3. The van der Waals surface area contributed by atoms with E-state index in [0.717, 1.165) is 6.04 Å². The molecular weight excluding hydrogens is 124 g/mol. The van der Waals surface area contributed by atoms with Crippen LogP contribution in [0.25, 0.3) is 0 Å². The molecule has 60 valence electrons. The number of piperidine rings is 1. The summed E-state index contributed by atoms with van der Waals surface area (Å²) >= 11 is 0. The van der Waals surface area contributed by atoms with Crippen LogP contribution >= 0.6 is 0 Å². The minimum atomic E-state index is 0.744. The molecule has 0 amide bonds. The molecule has 0 radical (unpaired) electrons. The predicted octanol–water partition coefficient (Wildman–Crippen LogP) is 0.738. The molecule has 2 N–H and O–H groups in total. The zero-order valence-electron chi connectivity index (χ0n) is 6.82. The van der Waals surface area contributed by atoms with Gasteiger partial charge in [-0.25, -0.2) is 0 Å². The van der Waals surface area contributed by atoms with E-state index in [-0.39, 0.29) is 0 Å². The van der Waals surface area contributed by atoms with Crippen molar-refractivity contribution < 1.29 is 0 Å². The molecule has 0 aromatic heterocycles. The average molecular weight is 142 g/mol. The highest BCUT2D eigenvalue weighted by Gasteiger charge is 2.10. The smallest absolute Gasteiger partial charge is 0.0192 e. The zero-order valence-corrected chi connectivity index (χ0v) is 6.82. The van der Waals surface area contributed by atoms with Crippen molar-refractivity contribution in [2.45, 2.75) is 32.2 Å². The lowest BCUT2D eigenvalue weighted by molar-refractivity contribution is 0.391. The molecule has 0 spiro atoms. The Morgan fingerprint density at radius 1 is 1.60 bits per heavy atom. The topological polar surface area (TPSA) is 24.1 Å². The molecule has 1 aliphatic heterocycles. The van der Waals surface area contributed by atoms with Gasteiger partial charge in [-0.15, -0.1) is 0 Å². The molecule has 1 rings (SSSR count). The van der Waals surface area contributed by atoms with Crippen molar-refractivity contribution in [2.24, 2.45) is 0 Å². The second-order valence-corrected chi connectivity index (χ2v) is 3.00. The van der Waals surface area contributed by atoms with Gasteiger partial charge in [-0.3, -0.25) is 0 Å². The predicted molar refractivity (Wildman–Crippen MR) is 44.2 cm³/mol. The monoisotopic (exact) mass is 142 g/mol. The third kappa shape index (κ3) is 2.67. The molecule has 0 bridgehead atoms. The quantitative estimate of drug-likeness (QED) is 0.607. The van der Waals surface area contributed by atoms with Crippen LogP contribution in [0.4, 0.5) is 0 Å². The van der Waals surface area contributed by atoms with Crippen molar-refractivity contribution >= 4 is 0 Å². The second kappa shape index (κ2) is 4.69. The van der Waals surface area contributed by atoms with Crippen LogP contribution in [-0.2, 0) is 0 Å². The van der Waals surface area contributed by atoms with E-state index in [0.29, 0.717) is 0 Å². The van der Waals surface area contributed by atoms with Crippen molar-refractivity contribution in [1.82, 2.24) is 10.6 Å². The third-order valence-electron chi connectivity index (χ3n) is 1.98. The van der Waals surface area contributed by atoms with Gasteiger partial charge in [0.1, 0.15) is 0 Å². The molecule has 2 heteroatoms. The lowest BCUT2D eigenvalue weighted by Crippen LogP contribution is -2.43.